The zero-order chi connectivity index (χ0) is 13.0. The maximum Gasteiger partial charge on any atom is 0.353 e. The first-order valence-electron chi connectivity index (χ1n) is 5.07. The molecule has 18 heavy (non-hydrogen) atoms. The van der Waals surface area contributed by atoms with Gasteiger partial charge in [0.1, 0.15) is 5.69 Å². The Morgan fingerprint density at radius 3 is 3.00 bits per heavy atom. The van der Waals surface area contributed by atoms with Crippen LogP contribution in [0.25, 0.3) is 21.3 Å². The van der Waals surface area contributed by atoms with Gasteiger partial charge in [0.2, 0.25) is 0 Å². The van der Waals surface area contributed by atoms with Gasteiger partial charge in [0.05, 0.1) is 12.1 Å². The van der Waals surface area contributed by atoms with E-state index in [9.17, 15) is 4.79 Å². The highest BCUT2D eigenvalue weighted by molar-refractivity contribution is 5.99. The summed E-state index contributed by atoms with van der Waals surface area (Å²) >= 11 is 0. The molecule has 0 atom stereocenters. The largest absolute Gasteiger partial charge is 0.477 e. The average molecular weight is 240 g/mol. The van der Waals surface area contributed by atoms with E-state index < -0.39 is 5.97 Å². The summed E-state index contributed by atoms with van der Waals surface area (Å²) in [6.45, 7) is 0.00899. The van der Waals surface area contributed by atoms with Gasteiger partial charge >= 0.3 is 5.97 Å². The molecule has 0 bridgehead atoms. The maximum absolute atomic E-state index is 11.1. The first-order chi connectivity index (χ1) is 8.74. The molecule has 88 valence electrons. The number of azide groups is 1. The SMILES string of the molecule is [N-]=[N+]=NCC#Cc1c(C(=O)O)[nH]c2ccccc12. The number of benzene rings is 1. The third-order valence-electron chi connectivity index (χ3n) is 2.35. The Morgan fingerprint density at radius 1 is 1.50 bits per heavy atom. The van der Waals surface area contributed by atoms with Crippen LogP contribution in [0.2, 0.25) is 0 Å². The number of nitrogens with zero attached hydrogens (tertiary/aromatic N) is 3. The number of fused-ring (bicyclic) bond motifs is 1. The van der Waals surface area contributed by atoms with Crippen LogP contribution in [0.1, 0.15) is 16.1 Å². The number of hydrogen-bond acceptors (Lipinski definition) is 2. The van der Waals surface area contributed by atoms with Gasteiger partial charge in [0, 0.05) is 15.8 Å². The summed E-state index contributed by atoms with van der Waals surface area (Å²) in [7, 11) is 0. The molecule has 0 aliphatic rings. The number of aromatic amines is 1. The Kier molecular flexibility index (Phi) is 3.19. The number of carboxylic acid groups (broad SMARTS) is 1. The predicted molar refractivity (Wildman–Crippen MR) is 66.1 cm³/mol. The van der Waals surface area contributed by atoms with Gasteiger partial charge in [-0.15, -0.1) is 0 Å². The van der Waals surface area contributed by atoms with Gasteiger partial charge in [-0.3, -0.25) is 0 Å². The second-order valence-corrected chi connectivity index (χ2v) is 3.42. The topological polar surface area (TPSA) is 102 Å². The molecular weight excluding hydrogens is 232 g/mol. The van der Waals surface area contributed by atoms with Crippen molar-refractivity contribution in [2.75, 3.05) is 6.54 Å². The van der Waals surface area contributed by atoms with Crippen molar-refractivity contribution in [1.82, 2.24) is 4.98 Å². The molecule has 0 radical (unpaired) electrons. The van der Waals surface area contributed by atoms with Crippen molar-refractivity contribution in [2.24, 2.45) is 5.11 Å². The van der Waals surface area contributed by atoms with Crippen LogP contribution < -0.4 is 0 Å². The molecule has 0 saturated heterocycles. The minimum absolute atomic E-state index is 0.00899. The molecule has 6 heteroatoms. The van der Waals surface area contributed by atoms with Gasteiger partial charge in [0.15, 0.2) is 0 Å². The number of para-hydroxylation sites is 1. The van der Waals surface area contributed by atoms with Gasteiger partial charge in [-0.2, -0.15) is 0 Å². The fourth-order valence-corrected chi connectivity index (χ4v) is 1.63. The van der Waals surface area contributed by atoms with Crippen LogP contribution in [-0.2, 0) is 0 Å². The number of carbonyl (C=O) groups is 1. The lowest BCUT2D eigenvalue weighted by Gasteiger charge is -1.90. The standard InChI is InChI=1S/C12H8N4O2/c13-16-14-7-3-5-9-8-4-1-2-6-10(8)15-11(9)12(17)18/h1-2,4,6,15H,7H2,(H,17,18). The van der Waals surface area contributed by atoms with Gasteiger partial charge < -0.3 is 10.1 Å². The van der Waals surface area contributed by atoms with Crippen molar-refractivity contribution < 1.29 is 9.90 Å². The fourth-order valence-electron chi connectivity index (χ4n) is 1.63. The first kappa shape index (κ1) is 11.6. The molecule has 6 nitrogen and oxygen atoms in total. The molecule has 1 aromatic carbocycles. The molecule has 2 N–H and O–H groups in total. The highest BCUT2D eigenvalue weighted by Gasteiger charge is 2.14. The summed E-state index contributed by atoms with van der Waals surface area (Å²) in [5, 5.41) is 13.1. The third-order valence-corrected chi connectivity index (χ3v) is 2.35. The molecule has 0 amide bonds. The van der Waals surface area contributed by atoms with E-state index in [1.807, 2.05) is 6.07 Å². The van der Waals surface area contributed by atoms with E-state index in [1.54, 1.807) is 18.2 Å². The third kappa shape index (κ3) is 2.12. The number of aromatic nitrogens is 1. The van der Waals surface area contributed by atoms with Crippen LogP contribution in [0.5, 0.6) is 0 Å². The Bertz CT molecular complexity index is 714. The van der Waals surface area contributed by atoms with E-state index in [4.69, 9.17) is 10.6 Å². The zero-order valence-electron chi connectivity index (χ0n) is 9.21. The van der Waals surface area contributed by atoms with Crippen LogP contribution in [0.3, 0.4) is 0 Å². The van der Waals surface area contributed by atoms with Crippen molar-refractivity contribution in [2.45, 2.75) is 0 Å². The van der Waals surface area contributed by atoms with Crippen LogP contribution >= 0.6 is 0 Å². The molecule has 0 unspecified atom stereocenters. The summed E-state index contributed by atoms with van der Waals surface area (Å²) in [5.74, 6) is 4.28. The van der Waals surface area contributed by atoms with E-state index in [0.29, 0.717) is 11.1 Å². The van der Waals surface area contributed by atoms with Gasteiger partial charge in [0.25, 0.3) is 0 Å². The lowest BCUT2D eigenvalue weighted by Crippen LogP contribution is -1.98. The van der Waals surface area contributed by atoms with Crippen molar-refractivity contribution in [1.29, 1.82) is 0 Å². The summed E-state index contributed by atoms with van der Waals surface area (Å²) in [6, 6.07) is 7.18. The van der Waals surface area contributed by atoms with Crippen LogP contribution in [0, 0.1) is 11.8 Å². The molecule has 0 spiro atoms. The van der Waals surface area contributed by atoms with Crippen molar-refractivity contribution in [3.8, 4) is 11.8 Å². The van der Waals surface area contributed by atoms with Crippen molar-refractivity contribution >= 4 is 16.9 Å². The molecule has 1 heterocycles. The number of rotatable bonds is 2. The summed E-state index contributed by atoms with van der Waals surface area (Å²) < 4.78 is 0. The van der Waals surface area contributed by atoms with E-state index >= 15 is 0 Å². The Labute approximate surface area is 102 Å². The molecule has 0 saturated carbocycles. The number of aromatic carboxylic acids is 1. The molecule has 2 aromatic rings. The van der Waals surface area contributed by atoms with Crippen LogP contribution in [0.15, 0.2) is 29.4 Å². The lowest BCUT2D eigenvalue weighted by atomic mass is 10.1. The molecular formula is C12H8N4O2. The minimum Gasteiger partial charge on any atom is -0.477 e. The number of H-pyrrole nitrogens is 1. The van der Waals surface area contributed by atoms with E-state index in [-0.39, 0.29) is 12.2 Å². The van der Waals surface area contributed by atoms with E-state index in [1.165, 1.54) is 0 Å². The van der Waals surface area contributed by atoms with E-state index in [2.05, 4.69) is 26.9 Å². The second kappa shape index (κ2) is 4.95. The average Bonchev–Trinajstić information content (AvgIpc) is 2.74. The predicted octanol–water partition coefficient (Wildman–Crippen LogP) is 2.53. The summed E-state index contributed by atoms with van der Waals surface area (Å²) in [5.41, 5.74) is 9.29. The Morgan fingerprint density at radius 2 is 2.28 bits per heavy atom. The number of nitrogens with one attached hydrogen (secondary N) is 1. The van der Waals surface area contributed by atoms with Crippen molar-refractivity contribution in [3.05, 3.63) is 46.0 Å². The van der Waals surface area contributed by atoms with Gasteiger partial charge in [-0.1, -0.05) is 35.2 Å². The normalized spacial score (nSPS) is 9.33. The molecule has 0 aliphatic heterocycles. The maximum atomic E-state index is 11.1. The molecule has 1 aromatic heterocycles. The van der Waals surface area contributed by atoms with Crippen LogP contribution in [-0.4, -0.2) is 22.6 Å². The molecule has 0 aliphatic carbocycles. The Hall–Kier alpha value is -2.90. The zero-order valence-corrected chi connectivity index (χ0v) is 9.21. The number of carboxylic acids is 1. The Balaban J connectivity index is 2.57. The highest BCUT2D eigenvalue weighted by Crippen LogP contribution is 2.21. The minimum atomic E-state index is -1.07. The summed E-state index contributed by atoms with van der Waals surface area (Å²) in [6.07, 6.45) is 0. The quantitative estimate of drug-likeness (QED) is 0.364. The smallest absolute Gasteiger partial charge is 0.353 e. The second-order valence-electron chi connectivity index (χ2n) is 3.42. The van der Waals surface area contributed by atoms with Crippen molar-refractivity contribution in [3.63, 3.8) is 0 Å². The fraction of sp³-hybridized carbons (Fsp3) is 0.0833. The van der Waals surface area contributed by atoms with Gasteiger partial charge in [-0.25, -0.2) is 4.79 Å². The van der Waals surface area contributed by atoms with E-state index in [0.717, 1.165) is 5.39 Å². The summed E-state index contributed by atoms with van der Waals surface area (Å²) in [4.78, 5) is 16.5. The number of hydrogen-bond donors (Lipinski definition) is 2. The molecule has 0 fully saturated rings. The highest BCUT2D eigenvalue weighted by atomic mass is 16.4. The monoisotopic (exact) mass is 240 g/mol. The molecule has 2 rings (SSSR count). The van der Waals surface area contributed by atoms with Crippen LogP contribution in [0.4, 0.5) is 0 Å². The first-order valence-corrected chi connectivity index (χ1v) is 5.07. The lowest BCUT2D eigenvalue weighted by molar-refractivity contribution is 0.0691. The van der Waals surface area contributed by atoms with Gasteiger partial charge in [-0.05, 0) is 11.6 Å².